The second-order valence-electron chi connectivity index (χ2n) is 1.72. The molecule has 0 spiro atoms. The molecule has 6 N–H and O–H groups in total. The first-order valence-electron chi connectivity index (χ1n) is 2.73. The number of nitrogens with one attached hydrogen (secondary N) is 1. The second-order valence-corrected chi connectivity index (χ2v) is 5.92. The molecule has 96 valence electrons. The highest BCUT2D eigenvalue weighted by Gasteiger charge is 2.38. The van der Waals surface area contributed by atoms with Gasteiger partial charge >= 0.3 is 23.5 Å². The van der Waals surface area contributed by atoms with Crippen LogP contribution in [0.15, 0.2) is 0 Å². The molecule has 0 aliphatic heterocycles. The fourth-order valence-corrected chi connectivity index (χ4v) is 2.82. The third-order valence-electron chi connectivity index (χ3n) is 0.419. The monoisotopic (exact) mass is 301 g/mol. The van der Waals surface area contributed by atoms with Gasteiger partial charge in [-0.25, -0.2) is 23.9 Å². The van der Waals surface area contributed by atoms with Crippen molar-refractivity contribution in [2.24, 2.45) is 0 Å². The number of isocyanates is 1. The molecule has 0 aliphatic rings. The molecule has 16 heavy (non-hydrogen) atoms. The number of hydrogen-bond acceptors (Lipinski definition) is 7. The lowest BCUT2D eigenvalue weighted by Gasteiger charge is -2.11. The average molecular weight is 301 g/mol. The van der Waals surface area contributed by atoms with E-state index in [-0.39, 0.29) is 0 Å². The zero-order valence-corrected chi connectivity index (χ0v) is 9.71. The molecule has 0 aromatic rings. The van der Waals surface area contributed by atoms with Crippen LogP contribution in [0.1, 0.15) is 0 Å². The van der Waals surface area contributed by atoms with Crippen LogP contribution < -0.4 is 0 Å². The third-order valence-corrected chi connectivity index (χ3v) is 3.77. The molecular formula is CH6NO11P3. The minimum absolute atomic E-state index is 0.750. The van der Waals surface area contributed by atoms with Crippen molar-refractivity contribution >= 4 is 29.5 Å². The lowest BCUT2D eigenvalue weighted by atomic mass is 11.7. The molecule has 12 nitrogen and oxygen atoms in total. The molecule has 15 heteroatoms. The average Bonchev–Trinajstić information content (AvgIpc) is 1.73. The fraction of sp³-hybridized carbons (Fsp3) is 0. The van der Waals surface area contributed by atoms with Crippen molar-refractivity contribution in [3.63, 3.8) is 0 Å². The van der Waals surface area contributed by atoms with Gasteiger partial charge in [0.15, 0.2) is 0 Å². The smallest absolute Gasteiger partial charge is 0.302 e. The van der Waals surface area contributed by atoms with Gasteiger partial charge in [-0.2, -0.15) is 8.62 Å². The third kappa shape index (κ3) is 16.2. The molecule has 0 aliphatic carbocycles. The van der Waals surface area contributed by atoms with Crippen LogP contribution in [0.3, 0.4) is 0 Å². The SMILES string of the molecule is N=C=O.O=P(O)(O)OP(=O)(O)OP(=O)(O)O. The van der Waals surface area contributed by atoms with E-state index in [0.29, 0.717) is 0 Å². The van der Waals surface area contributed by atoms with Crippen LogP contribution in [0.2, 0.25) is 0 Å². The molecular weight excluding hydrogens is 295 g/mol. The number of carbonyl (C=O) groups excluding carboxylic acids is 1. The largest absolute Gasteiger partial charge is 0.490 e. The van der Waals surface area contributed by atoms with Gasteiger partial charge in [0, 0.05) is 0 Å². The minimum atomic E-state index is -5.46. The Bertz CT molecular complexity index is 352. The van der Waals surface area contributed by atoms with Crippen LogP contribution in [-0.4, -0.2) is 30.5 Å². The Morgan fingerprint density at radius 2 is 1.06 bits per heavy atom. The van der Waals surface area contributed by atoms with E-state index < -0.39 is 23.5 Å². The summed E-state index contributed by atoms with van der Waals surface area (Å²) in [6.45, 7) is 0. The van der Waals surface area contributed by atoms with Crippen molar-refractivity contribution in [2.45, 2.75) is 0 Å². The Kier molecular flexibility index (Phi) is 7.39. The quantitative estimate of drug-likeness (QED) is 0.215. The van der Waals surface area contributed by atoms with E-state index >= 15 is 0 Å². The van der Waals surface area contributed by atoms with E-state index in [4.69, 9.17) is 34.7 Å². The molecule has 0 aromatic carbocycles. The second kappa shape index (κ2) is 6.51. The molecule has 0 saturated heterocycles. The highest BCUT2D eigenvalue weighted by molar-refractivity contribution is 7.66. The summed E-state index contributed by atoms with van der Waals surface area (Å²) in [6, 6.07) is 0. The predicted molar refractivity (Wildman–Crippen MR) is 44.5 cm³/mol. The van der Waals surface area contributed by atoms with E-state index in [1.54, 1.807) is 0 Å². The van der Waals surface area contributed by atoms with Gasteiger partial charge in [0.2, 0.25) is 6.08 Å². The summed E-state index contributed by atoms with van der Waals surface area (Å²) in [6.07, 6.45) is 0.750. The molecule has 0 heterocycles. The first kappa shape index (κ1) is 18.2. The van der Waals surface area contributed by atoms with Gasteiger partial charge in [0.25, 0.3) is 0 Å². The Morgan fingerprint density at radius 3 is 1.19 bits per heavy atom. The van der Waals surface area contributed by atoms with Gasteiger partial charge < -0.3 is 24.5 Å². The lowest BCUT2D eigenvalue weighted by molar-refractivity contribution is 0.204. The van der Waals surface area contributed by atoms with Crippen LogP contribution in [0.5, 0.6) is 0 Å². The molecule has 0 aromatic heterocycles. The summed E-state index contributed by atoms with van der Waals surface area (Å²) >= 11 is 0. The van der Waals surface area contributed by atoms with E-state index in [0.717, 1.165) is 6.08 Å². The van der Waals surface area contributed by atoms with Crippen molar-refractivity contribution in [1.29, 1.82) is 5.41 Å². The topological polar surface area (TPSA) is 212 Å². The van der Waals surface area contributed by atoms with Gasteiger partial charge in [-0.1, -0.05) is 0 Å². The van der Waals surface area contributed by atoms with Crippen LogP contribution in [0, 0.1) is 5.41 Å². The lowest BCUT2D eigenvalue weighted by Crippen LogP contribution is -1.91. The van der Waals surface area contributed by atoms with Gasteiger partial charge in [0.1, 0.15) is 0 Å². The van der Waals surface area contributed by atoms with Crippen LogP contribution in [0.25, 0.3) is 0 Å². The first-order chi connectivity index (χ1) is 6.83. The molecule has 0 bridgehead atoms. The van der Waals surface area contributed by atoms with Crippen LogP contribution in [-0.2, 0) is 27.1 Å². The summed E-state index contributed by atoms with van der Waals surface area (Å²) in [7, 11) is -16.2. The van der Waals surface area contributed by atoms with Gasteiger partial charge in [-0.05, 0) is 0 Å². The molecule has 0 unspecified atom stereocenters. The van der Waals surface area contributed by atoms with Crippen molar-refractivity contribution in [2.75, 3.05) is 0 Å². The maximum absolute atomic E-state index is 10.4. The summed E-state index contributed by atoms with van der Waals surface area (Å²) in [5.41, 5.74) is 0. The molecule has 0 rings (SSSR count). The number of rotatable bonds is 4. The molecule has 0 atom stereocenters. The Labute approximate surface area is 87.4 Å². The van der Waals surface area contributed by atoms with Crippen LogP contribution >= 0.6 is 23.5 Å². The summed E-state index contributed by atoms with van der Waals surface area (Å²) < 4.78 is 36.4. The highest BCUT2D eigenvalue weighted by Crippen LogP contribution is 2.64. The predicted octanol–water partition coefficient (Wildman–Crippen LogP) is -0.794. The molecule has 0 fully saturated rings. The summed E-state index contributed by atoms with van der Waals surface area (Å²) in [5, 5.41) is 5.40. The normalized spacial score (nSPS) is 12.3. The zero-order valence-electron chi connectivity index (χ0n) is 7.03. The van der Waals surface area contributed by atoms with Gasteiger partial charge in [0.05, 0.1) is 0 Å². The van der Waals surface area contributed by atoms with Crippen molar-refractivity contribution < 1.29 is 51.6 Å². The molecule has 0 amide bonds. The Hall–Kier alpha value is -0.210. The van der Waals surface area contributed by atoms with E-state index in [9.17, 15) is 13.7 Å². The van der Waals surface area contributed by atoms with Gasteiger partial charge in [-0.15, -0.1) is 0 Å². The van der Waals surface area contributed by atoms with Crippen molar-refractivity contribution in [3.8, 4) is 0 Å². The zero-order chi connectivity index (χ0) is 13.6. The highest BCUT2D eigenvalue weighted by atomic mass is 31.3. The van der Waals surface area contributed by atoms with Crippen molar-refractivity contribution in [3.05, 3.63) is 0 Å². The maximum atomic E-state index is 10.4. The fourth-order valence-electron chi connectivity index (χ4n) is 0.284. The van der Waals surface area contributed by atoms with E-state index in [2.05, 4.69) is 8.62 Å². The maximum Gasteiger partial charge on any atom is 0.490 e. The van der Waals surface area contributed by atoms with E-state index in [1.165, 1.54) is 0 Å². The summed E-state index contributed by atoms with van der Waals surface area (Å²) in [5.74, 6) is 0. The van der Waals surface area contributed by atoms with E-state index in [1.807, 2.05) is 0 Å². The standard InChI is InChI=1S/CHNO.H5O10P3/c2-1-3;1-11(2,3)9-13(7,8)10-12(4,5)6/h2H;(H,7,8)(H2,1,2,3)(H2,4,5,6). The summed E-state index contributed by atoms with van der Waals surface area (Å²) in [4.78, 5) is 48.6. The molecule has 0 radical (unpaired) electrons. The number of hydrogen-bond donors (Lipinski definition) is 6. The molecule has 0 saturated carbocycles. The van der Waals surface area contributed by atoms with Crippen LogP contribution in [0.4, 0.5) is 0 Å². The van der Waals surface area contributed by atoms with Crippen molar-refractivity contribution in [1.82, 2.24) is 0 Å². The first-order valence-corrected chi connectivity index (χ1v) is 7.29. The number of phosphoric acid groups is 3. The Balaban J connectivity index is 0. The minimum Gasteiger partial charge on any atom is -0.302 e. The van der Waals surface area contributed by atoms with Gasteiger partial charge in [-0.3, -0.25) is 0 Å². The Morgan fingerprint density at radius 1 is 0.875 bits per heavy atom.